The van der Waals surface area contributed by atoms with Gasteiger partial charge >= 0.3 is 0 Å². The molecule has 124 valence electrons. The van der Waals surface area contributed by atoms with E-state index in [9.17, 15) is 5.11 Å². The highest BCUT2D eigenvalue weighted by Crippen LogP contribution is 2.38. The molecule has 0 unspecified atom stereocenters. The Morgan fingerprint density at radius 1 is 1.35 bits per heavy atom. The minimum atomic E-state index is -0.657. The molecule has 1 aromatic carbocycles. The molecule has 1 aromatic heterocycles. The quantitative estimate of drug-likeness (QED) is 0.924. The van der Waals surface area contributed by atoms with E-state index in [1.54, 1.807) is 0 Å². The van der Waals surface area contributed by atoms with Gasteiger partial charge in [0, 0.05) is 32.2 Å². The van der Waals surface area contributed by atoms with Gasteiger partial charge in [-0.1, -0.05) is 12.1 Å². The fourth-order valence-corrected chi connectivity index (χ4v) is 4.23. The van der Waals surface area contributed by atoms with Gasteiger partial charge in [0.1, 0.15) is 0 Å². The van der Waals surface area contributed by atoms with Crippen molar-refractivity contribution in [3.8, 4) is 0 Å². The number of ether oxygens (including phenoxy) is 1. The second-order valence-corrected chi connectivity index (χ2v) is 7.15. The lowest BCUT2D eigenvalue weighted by atomic mass is 9.79. The summed E-state index contributed by atoms with van der Waals surface area (Å²) in [5.41, 5.74) is 1.53. The van der Waals surface area contributed by atoms with Gasteiger partial charge in [-0.15, -0.1) is 0 Å². The Balaban J connectivity index is 1.70. The molecule has 3 atom stereocenters. The number of fused-ring (bicyclic) bond motifs is 1. The van der Waals surface area contributed by atoms with Gasteiger partial charge in [0.15, 0.2) is 0 Å². The van der Waals surface area contributed by atoms with Crippen LogP contribution in [0.15, 0.2) is 24.3 Å². The lowest BCUT2D eigenvalue weighted by molar-refractivity contribution is -0.108. The van der Waals surface area contributed by atoms with Crippen LogP contribution >= 0.6 is 0 Å². The summed E-state index contributed by atoms with van der Waals surface area (Å²) in [5, 5.41) is 10.8. The van der Waals surface area contributed by atoms with Crippen molar-refractivity contribution in [3.63, 3.8) is 0 Å². The maximum Gasteiger partial charge on any atom is 0.206 e. The van der Waals surface area contributed by atoms with Crippen LogP contribution in [0, 0.1) is 5.92 Å². The first-order valence-electron chi connectivity index (χ1n) is 8.56. The van der Waals surface area contributed by atoms with Gasteiger partial charge in [0.2, 0.25) is 5.95 Å². The number of hydrogen-bond acceptors (Lipinski definition) is 4. The zero-order chi connectivity index (χ0) is 16.0. The molecule has 0 amide bonds. The molecule has 0 spiro atoms. The summed E-state index contributed by atoms with van der Waals surface area (Å²) in [6.07, 6.45) is 2.94. The van der Waals surface area contributed by atoms with Crippen molar-refractivity contribution in [1.82, 2.24) is 9.55 Å². The molecular formula is C18H25N3O2. The minimum absolute atomic E-state index is 0.138. The van der Waals surface area contributed by atoms with Gasteiger partial charge in [-0.3, -0.25) is 0 Å². The molecule has 0 bridgehead atoms. The van der Waals surface area contributed by atoms with Gasteiger partial charge in [0.05, 0.1) is 23.2 Å². The summed E-state index contributed by atoms with van der Waals surface area (Å²) >= 11 is 0. The summed E-state index contributed by atoms with van der Waals surface area (Å²) in [4.78, 5) is 7.24. The number of rotatable bonds is 2. The molecule has 0 saturated carbocycles. The number of aryl methyl sites for hydroxylation is 1. The SMILES string of the molecule is Cn1c(N2CCC[C@@H]2[C@H]2COCC[C@]2(C)O)nc2ccccc21. The van der Waals surface area contributed by atoms with Crippen molar-refractivity contribution < 1.29 is 9.84 Å². The van der Waals surface area contributed by atoms with Crippen LogP contribution < -0.4 is 4.90 Å². The van der Waals surface area contributed by atoms with Crippen LogP contribution in [0.25, 0.3) is 11.0 Å². The molecule has 2 aliphatic rings. The van der Waals surface area contributed by atoms with Gasteiger partial charge < -0.3 is 19.3 Å². The Kier molecular flexibility index (Phi) is 3.58. The number of para-hydroxylation sites is 2. The molecule has 2 fully saturated rings. The fraction of sp³-hybridized carbons (Fsp3) is 0.611. The molecule has 3 heterocycles. The molecule has 2 saturated heterocycles. The third-order valence-corrected chi connectivity index (χ3v) is 5.63. The molecule has 4 rings (SSSR count). The topological polar surface area (TPSA) is 50.5 Å². The standard InChI is InChI=1S/C18H25N3O2/c1-18(22)9-11-23-12-13(18)15-8-5-10-21(15)17-19-14-6-3-4-7-16(14)20(17)2/h3-4,6-7,13,15,22H,5,8-12H2,1-2H3/t13-,15-,18+/m1/s1. The van der Waals surface area contributed by atoms with E-state index >= 15 is 0 Å². The van der Waals surface area contributed by atoms with E-state index in [1.165, 1.54) is 0 Å². The average molecular weight is 315 g/mol. The number of benzene rings is 1. The van der Waals surface area contributed by atoms with Crippen molar-refractivity contribution in [2.24, 2.45) is 13.0 Å². The van der Waals surface area contributed by atoms with E-state index in [4.69, 9.17) is 9.72 Å². The highest BCUT2D eigenvalue weighted by molar-refractivity contribution is 5.78. The number of nitrogens with zero attached hydrogens (tertiary/aromatic N) is 3. The van der Waals surface area contributed by atoms with Crippen LogP contribution in [0.3, 0.4) is 0 Å². The van der Waals surface area contributed by atoms with Crippen LogP contribution in [0.4, 0.5) is 5.95 Å². The molecular weight excluding hydrogens is 290 g/mol. The minimum Gasteiger partial charge on any atom is -0.390 e. The van der Waals surface area contributed by atoms with Crippen molar-refractivity contribution in [2.45, 2.75) is 37.8 Å². The number of aromatic nitrogens is 2. The predicted octanol–water partition coefficient (Wildman–Crippen LogP) is 2.33. The van der Waals surface area contributed by atoms with Gasteiger partial charge in [-0.25, -0.2) is 4.98 Å². The Labute approximate surface area is 136 Å². The first-order valence-corrected chi connectivity index (χ1v) is 8.56. The zero-order valence-corrected chi connectivity index (χ0v) is 13.9. The lowest BCUT2D eigenvalue weighted by Gasteiger charge is -2.43. The van der Waals surface area contributed by atoms with Gasteiger partial charge in [-0.2, -0.15) is 0 Å². The van der Waals surface area contributed by atoms with Crippen molar-refractivity contribution in [3.05, 3.63) is 24.3 Å². The van der Waals surface area contributed by atoms with Crippen LogP contribution in [-0.4, -0.2) is 46.1 Å². The van der Waals surface area contributed by atoms with Gasteiger partial charge in [-0.05, 0) is 38.3 Å². The zero-order valence-electron chi connectivity index (χ0n) is 13.9. The maximum atomic E-state index is 10.8. The first kappa shape index (κ1) is 15.0. The van der Waals surface area contributed by atoms with Crippen LogP contribution in [0.1, 0.15) is 26.2 Å². The molecule has 2 aromatic rings. The fourth-order valence-electron chi connectivity index (χ4n) is 4.23. The summed E-state index contributed by atoms with van der Waals surface area (Å²) in [7, 11) is 2.08. The monoisotopic (exact) mass is 315 g/mol. The number of hydrogen-bond donors (Lipinski definition) is 1. The Morgan fingerprint density at radius 2 is 2.17 bits per heavy atom. The average Bonchev–Trinajstić information content (AvgIpc) is 3.12. The third-order valence-electron chi connectivity index (χ3n) is 5.63. The summed E-state index contributed by atoms with van der Waals surface area (Å²) in [6, 6.07) is 8.54. The lowest BCUT2D eigenvalue weighted by Crippen LogP contribution is -2.53. The van der Waals surface area contributed by atoms with E-state index in [2.05, 4.69) is 34.7 Å². The number of anilines is 1. The highest BCUT2D eigenvalue weighted by atomic mass is 16.5. The largest absolute Gasteiger partial charge is 0.390 e. The Bertz CT molecular complexity index is 709. The molecule has 1 N–H and O–H groups in total. The van der Waals surface area contributed by atoms with Crippen molar-refractivity contribution >= 4 is 17.0 Å². The van der Waals surface area contributed by atoms with E-state index in [1.807, 2.05) is 13.0 Å². The second-order valence-electron chi connectivity index (χ2n) is 7.15. The molecule has 0 aliphatic carbocycles. The third kappa shape index (κ3) is 2.42. The Hall–Kier alpha value is -1.59. The molecule has 23 heavy (non-hydrogen) atoms. The maximum absolute atomic E-state index is 10.8. The van der Waals surface area contributed by atoms with E-state index in [0.717, 1.165) is 36.4 Å². The molecule has 5 nitrogen and oxygen atoms in total. The van der Waals surface area contributed by atoms with Crippen molar-refractivity contribution in [1.29, 1.82) is 0 Å². The molecule has 2 aliphatic heterocycles. The van der Waals surface area contributed by atoms with Crippen LogP contribution in [-0.2, 0) is 11.8 Å². The van der Waals surface area contributed by atoms with Crippen LogP contribution in [0.5, 0.6) is 0 Å². The first-order chi connectivity index (χ1) is 11.1. The summed E-state index contributed by atoms with van der Waals surface area (Å²) < 4.78 is 7.86. The summed E-state index contributed by atoms with van der Waals surface area (Å²) in [6.45, 7) is 4.25. The van der Waals surface area contributed by atoms with E-state index < -0.39 is 5.60 Å². The molecule has 0 radical (unpaired) electrons. The second kappa shape index (κ2) is 5.49. The van der Waals surface area contributed by atoms with E-state index in [-0.39, 0.29) is 5.92 Å². The number of imidazole rings is 1. The predicted molar refractivity (Wildman–Crippen MR) is 90.6 cm³/mol. The summed E-state index contributed by atoms with van der Waals surface area (Å²) in [5.74, 6) is 1.15. The van der Waals surface area contributed by atoms with Gasteiger partial charge in [0.25, 0.3) is 0 Å². The normalized spacial score (nSPS) is 31.9. The smallest absolute Gasteiger partial charge is 0.206 e. The number of aliphatic hydroxyl groups is 1. The van der Waals surface area contributed by atoms with E-state index in [0.29, 0.717) is 25.7 Å². The van der Waals surface area contributed by atoms with Crippen LogP contribution in [0.2, 0.25) is 0 Å². The Morgan fingerprint density at radius 3 is 2.96 bits per heavy atom. The highest BCUT2D eigenvalue weighted by Gasteiger charge is 2.45. The van der Waals surface area contributed by atoms with Crippen molar-refractivity contribution in [2.75, 3.05) is 24.7 Å². The molecule has 5 heteroatoms.